The number of carbonyl (C=O) groups excluding carboxylic acids is 1. The molecule has 2 aromatic rings. The third-order valence-electron chi connectivity index (χ3n) is 7.17. The maximum absolute atomic E-state index is 12.6. The Bertz CT molecular complexity index is 918. The third kappa shape index (κ3) is 3.54. The molecular formula is C26H30O4. The molecule has 1 saturated heterocycles. The topological polar surface area (TPSA) is 44.8 Å². The normalized spacial score (nSPS) is 30.3. The van der Waals surface area contributed by atoms with Gasteiger partial charge < -0.3 is 14.2 Å². The molecular weight excluding hydrogens is 376 g/mol. The lowest BCUT2D eigenvalue weighted by Gasteiger charge is -2.55. The van der Waals surface area contributed by atoms with E-state index in [0.29, 0.717) is 24.7 Å². The highest BCUT2D eigenvalue weighted by atomic mass is 16.5. The number of methoxy groups -OCH3 is 1. The maximum atomic E-state index is 12.6. The number of hydrogen-bond donors (Lipinski definition) is 0. The molecule has 2 aromatic carbocycles. The molecule has 0 spiro atoms. The molecule has 0 saturated carbocycles. The summed E-state index contributed by atoms with van der Waals surface area (Å²) in [5.41, 5.74) is 2.86. The van der Waals surface area contributed by atoms with Gasteiger partial charge in [0.2, 0.25) is 0 Å². The minimum absolute atomic E-state index is 0.00685. The summed E-state index contributed by atoms with van der Waals surface area (Å²) < 4.78 is 17.6. The second-order valence-electron chi connectivity index (χ2n) is 8.69. The van der Waals surface area contributed by atoms with E-state index < -0.39 is 0 Å². The Hall–Kier alpha value is -2.59. The summed E-state index contributed by atoms with van der Waals surface area (Å²) in [7, 11) is 1.68. The fourth-order valence-electron chi connectivity index (χ4n) is 5.21. The Morgan fingerprint density at radius 3 is 2.47 bits per heavy atom. The summed E-state index contributed by atoms with van der Waals surface area (Å²) in [6, 6.07) is 17.3. The molecule has 5 atom stereocenters. The van der Waals surface area contributed by atoms with Crippen molar-refractivity contribution >= 4 is 5.97 Å². The fourth-order valence-corrected chi connectivity index (χ4v) is 5.21. The summed E-state index contributed by atoms with van der Waals surface area (Å²) in [5, 5.41) is 0. The average Bonchev–Trinajstić information content (AvgIpc) is 2.77. The van der Waals surface area contributed by atoms with Crippen LogP contribution in [0.2, 0.25) is 0 Å². The Kier molecular flexibility index (Phi) is 5.70. The van der Waals surface area contributed by atoms with Crippen LogP contribution in [0.15, 0.2) is 66.2 Å². The van der Waals surface area contributed by atoms with Crippen LogP contribution < -0.4 is 4.74 Å². The van der Waals surface area contributed by atoms with Crippen LogP contribution >= 0.6 is 0 Å². The van der Waals surface area contributed by atoms with Crippen molar-refractivity contribution in [3.05, 3.63) is 77.4 Å². The van der Waals surface area contributed by atoms with Gasteiger partial charge in [-0.15, -0.1) is 0 Å². The highest BCUT2D eigenvalue weighted by Gasteiger charge is 2.54. The highest BCUT2D eigenvalue weighted by molar-refractivity contribution is 5.89. The Balaban J connectivity index is 1.57. The second-order valence-corrected chi connectivity index (χ2v) is 8.69. The van der Waals surface area contributed by atoms with E-state index in [1.165, 1.54) is 5.57 Å². The SMILES string of the molecule is COc1ccc([C@H]2OC[C@]3(COC(=O)c4ccccc4)[C@@H](C)C=C(C)[C@@H]2[C@@H]3C)cc1. The first kappa shape index (κ1) is 20.7. The van der Waals surface area contributed by atoms with Gasteiger partial charge in [0.05, 0.1) is 25.4 Å². The summed E-state index contributed by atoms with van der Waals surface area (Å²) in [6.07, 6.45) is 2.34. The molecule has 1 aliphatic carbocycles. The van der Waals surface area contributed by atoms with Gasteiger partial charge in [0.1, 0.15) is 12.4 Å². The van der Waals surface area contributed by atoms with Crippen molar-refractivity contribution in [3.8, 4) is 5.75 Å². The largest absolute Gasteiger partial charge is 0.497 e. The van der Waals surface area contributed by atoms with Crippen molar-refractivity contribution in [1.82, 2.24) is 0 Å². The molecule has 0 radical (unpaired) electrons. The Morgan fingerprint density at radius 2 is 1.80 bits per heavy atom. The number of carbonyl (C=O) groups is 1. The van der Waals surface area contributed by atoms with Crippen molar-refractivity contribution in [2.75, 3.05) is 20.3 Å². The predicted molar refractivity (Wildman–Crippen MR) is 116 cm³/mol. The molecule has 1 fully saturated rings. The van der Waals surface area contributed by atoms with Gasteiger partial charge in [0.25, 0.3) is 0 Å². The highest BCUT2D eigenvalue weighted by Crippen LogP contribution is 2.56. The van der Waals surface area contributed by atoms with Gasteiger partial charge in [-0.2, -0.15) is 0 Å². The lowest BCUT2D eigenvalue weighted by Crippen LogP contribution is -2.54. The number of rotatable bonds is 5. The molecule has 0 amide bonds. The van der Waals surface area contributed by atoms with Gasteiger partial charge in [-0.3, -0.25) is 0 Å². The van der Waals surface area contributed by atoms with E-state index >= 15 is 0 Å². The quantitative estimate of drug-likeness (QED) is 0.489. The van der Waals surface area contributed by atoms with Gasteiger partial charge in [0, 0.05) is 11.3 Å². The zero-order valence-electron chi connectivity index (χ0n) is 18.1. The third-order valence-corrected chi connectivity index (χ3v) is 7.17. The van der Waals surface area contributed by atoms with E-state index in [1.54, 1.807) is 19.2 Å². The van der Waals surface area contributed by atoms with Crippen molar-refractivity contribution in [2.24, 2.45) is 23.2 Å². The zero-order valence-corrected chi connectivity index (χ0v) is 18.1. The first-order valence-electron chi connectivity index (χ1n) is 10.6. The molecule has 2 aliphatic rings. The Labute approximate surface area is 178 Å². The van der Waals surface area contributed by atoms with Crippen LogP contribution in [0.3, 0.4) is 0 Å². The van der Waals surface area contributed by atoms with Gasteiger partial charge >= 0.3 is 5.97 Å². The van der Waals surface area contributed by atoms with Gasteiger partial charge in [-0.05, 0) is 48.6 Å². The van der Waals surface area contributed by atoms with E-state index in [0.717, 1.165) is 11.3 Å². The maximum Gasteiger partial charge on any atom is 0.338 e. The number of hydrogen-bond acceptors (Lipinski definition) is 4. The number of fused-ring (bicyclic) bond motifs is 2. The van der Waals surface area contributed by atoms with Crippen LogP contribution in [-0.2, 0) is 9.47 Å². The number of ether oxygens (including phenoxy) is 3. The molecule has 0 N–H and O–H groups in total. The molecule has 0 unspecified atom stereocenters. The van der Waals surface area contributed by atoms with Crippen molar-refractivity contribution in [1.29, 1.82) is 0 Å². The molecule has 158 valence electrons. The number of allylic oxidation sites excluding steroid dienone is 1. The van der Waals surface area contributed by atoms with Crippen LogP contribution in [0.4, 0.5) is 0 Å². The van der Waals surface area contributed by atoms with E-state index in [2.05, 4.69) is 39.0 Å². The molecule has 0 aromatic heterocycles. The smallest absolute Gasteiger partial charge is 0.338 e. The van der Waals surface area contributed by atoms with Gasteiger partial charge in [0.15, 0.2) is 0 Å². The predicted octanol–water partition coefficient (Wildman–Crippen LogP) is 5.46. The summed E-state index contributed by atoms with van der Waals surface area (Å²) in [5.74, 6) is 1.41. The van der Waals surface area contributed by atoms with E-state index in [9.17, 15) is 4.79 Å². The van der Waals surface area contributed by atoms with Crippen molar-refractivity contribution in [2.45, 2.75) is 26.9 Å². The lowest BCUT2D eigenvalue weighted by atomic mass is 9.56. The van der Waals surface area contributed by atoms with E-state index in [-0.39, 0.29) is 29.3 Å². The molecule has 4 rings (SSSR count). The summed E-state index contributed by atoms with van der Waals surface area (Å²) in [6.45, 7) is 7.62. The van der Waals surface area contributed by atoms with Gasteiger partial charge in [-0.1, -0.05) is 55.8 Å². The molecule has 30 heavy (non-hydrogen) atoms. The lowest BCUT2D eigenvalue weighted by molar-refractivity contribution is -0.166. The van der Waals surface area contributed by atoms with Crippen molar-refractivity contribution in [3.63, 3.8) is 0 Å². The van der Waals surface area contributed by atoms with Crippen LogP contribution in [0.5, 0.6) is 5.75 Å². The number of benzene rings is 2. The minimum atomic E-state index is -0.274. The first-order chi connectivity index (χ1) is 14.5. The minimum Gasteiger partial charge on any atom is -0.497 e. The molecule has 2 bridgehead atoms. The second kappa shape index (κ2) is 8.27. The number of esters is 1. The molecule has 1 aliphatic heterocycles. The molecule has 1 heterocycles. The van der Waals surface area contributed by atoms with Crippen molar-refractivity contribution < 1.29 is 19.0 Å². The molecule has 4 heteroatoms. The fraction of sp³-hybridized carbons (Fsp3) is 0.423. The Morgan fingerprint density at radius 1 is 1.10 bits per heavy atom. The van der Waals surface area contributed by atoms with E-state index in [4.69, 9.17) is 14.2 Å². The van der Waals surface area contributed by atoms with Crippen LogP contribution in [-0.4, -0.2) is 26.3 Å². The van der Waals surface area contributed by atoms with E-state index in [1.807, 2.05) is 30.3 Å². The standard InChI is InChI=1S/C26H30O4/c1-17-14-18(2)26(16-30-25(27)21-8-6-5-7-9-21)15-29-24(23(17)19(26)3)20-10-12-22(28-4)13-11-20/h5-14,18-19,23-24H,15-16H2,1-4H3/t18-,19-,23+,24+,26-/m0/s1. The van der Waals surface area contributed by atoms with Crippen LogP contribution in [0.25, 0.3) is 0 Å². The van der Waals surface area contributed by atoms with Crippen LogP contribution in [0.1, 0.15) is 42.8 Å². The summed E-state index contributed by atoms with van der Waals surface area (Å²) >= 11 is 0. The van der Waals surface area contributed by atoms with Gasteiger partial charge in [-0.25, -0.2) is 4.79 Å². The summed E-state index contributed by atoms with van der Waals surface area (Å²) in [4.78, 5) is 12.6. The van der Waals surface area contributed by atoms with Crippen LogP contribution in [0, 0.1) is 23.2 Å². The molecule has 4 nitrogen and oxygen atoms in total. The zero-order chi connectivity index (χ0) is 21.3. The first-order valence-corrected chi connectivity index (χ1v) is 10.6. The average molecular weight is 407 g/mol. The monoisotopic (exact) mass is 406 g/mol.